The predicted octanol–water partition coefficient (Wildman–Crippen LogP) is 6.61. The van der Waals surface area contributed by atoms with E-state index in [0.717, 1.165) is 5.32 Å². The van der Waals surface area contributed by atoms with E-state index in [-0.39, 0.29) is 6.08 Å². The van der Waals surface area contributed by atoms with Crippen LogP contribution in [0.5, 0.6) is 0 Å². The molecule has 0 heterocycles. The van der Waals surface area contributed by atoms with Crippen molar-refractivity contribution in [3.8, 4) is 0 Å². The topological polar surface area (TPSA) is 69.6 Å². The van der Waals surface area contributed by atoms with Gasteiger partial charge in [0.1, 0.15) is 0 Å². The van der Waals surface area contributed by atoms with E-state index in [0.29, 0.717) is 0 Å². The lowest BCUT2D eigenvalue weighted by Gasteiger charge is -2.39. The summed E-state index contributed by atoms with van der Waals surface area (Å²) in [6.45, 7) is 2.56. The summed E-state index contributed by atoms with van der Waals surface area (Å²) in [6, 6.07) is -3.14. The highest BCUT2D eigenvalue weighted by Gasteiger charge is 2.89. The lowest BCUT2D eigenvalue weighted by molar-refractivity contribution is -0.425. The van der Waals surface area contributed by atoms with Crippen LogP contribution >= 0.6 is 0 Å². The molecule has 0 spiro atoms. The highest BCUT2D eigenvalue weighted by atomic mass is 19.4. The van der Waals surface area contributed by atoms with Gasteiger partial charge in [0.2, 0.25) is 5.91 Å². The zero-order valence-corrected chi connectivity index (χ0v) is 20.6. The van der Waals surface area contributed by atoms with E-state index in [9.17, 15) is 101 Å². The number of rotatable bonds is 11. The molecule has 0 fully saturated rings. The minimum Gasteiger partial charge on any atom is -0.423 e. The lowest BCUT2D eigenvalue weighted by atomic mass is 9.72. The largest absolute Gasteiger partial charge is 0.489 e. The molecule has 264 valence electrons. The van der Waals surface area contributed by atoms with E-state index in [1.54, 1.807) is 0 Å². The van der Waals surface area contributed by atoms with E-state index in [1.807, 2.05) is 0 Å². The third-order valence-corrected chi connectivity index (χ3v) is 5.67. The summed E-state index contributed by atoms with van der Waals surface area (Å²) in [7, 11) is -4.04. The average Bonchev–Trinajstić information content (AvgIpc) is 2.85. The first-order chi connectivity index (χ1) is 19.9. The van der Waals surface area contributed by atoms with Gasteiger partial charge < -0.3 is 15.4 Å². The van der Waals surface area contributed by atoms with Crippen molar-refractivity contribution < 1.29 is 111 Å². The Balaban J connectivity index is 4.43. The van der Waals surface area contributed by atoms with E-state index >= 15 is 0 Å². The Hall–Kier alpha value is -3.13. The van der Waals surface area contributed by atoms with Crippen molar-refractivity contribution in [3.05, 3.63) is 35.9 Å². The van der Waals surface area contributed by atoms with Gasteiger partial charge in [0, 0.05) is 5.56 Å². The Kier molecular flexibility index (Phi) is 10.00. The standard InChI is InChI=1S/C19H8BF22NO3/c1-2-9(44)43-8-4-7(20(45)46)5(10(21,22)12(25,26)14(29,30)16(33,34)18(37,38)39)3-6(8)11(23,24)13(27,28)15(31,32)17(35,36)19(40,41)42/h2-4,45-46H,1H2,(H,43,44). The third-order valence-electron chi connectivity index (χ3n) is 5.67. The SMILES string of the molecule is C=CC(=O)Nc1cc(B(O)O)c(C(F)(F)C(F)(F)C(F)(F)C(F)(F)C(F)(F)F)cc1C(F)(F)C(F)(F)C(F)(F)C(F)(F)C(F)(F)F. The Bertz CT molecular complexity index is 1330. The molecule has 0 saturated heterocycles. The maximum atomic E-state index is 14.9. The van der Waals surface area contributed by atoms with Crippen LogP contribution in [0.3, 0.4) is 0 Å². The van der Waals surface area contributed by atoms with Crippen LogP contribution in [0.15, 0.2) is 24.8 Å². The molecule has 0 aliphatic heterocycles. The Morgan fingerprint density at radius 2 is 0.891 bits per heavy atom. The van der Waals surface area contributed by atoms with Gasteiger partial charge in [-0.1, -0.05) is 6.58 Å². The molecular weight excluding hydrogens is 719 g/mol. The van der Waals surface area contributed by atoms with E-state index in [4.69, 9.17) is 10.0 Å². The highest BCUT2D eigenvalue weighted by Crippen LogP contribution is 2.62. The number of amides is 1. The molecule has 3 N–H and O–H groups in total. The molecule has 1 aromatic carbocycles. The molecule has 0 atom stereocenters. The van der Waals surface area contributed by atoms with E-state index in [2.05, 4.69) is 6.58 Å². The second-order valence-electron chi connectivity index (χ2n) is 8.64. The van der Waals surface area contributed by atoms with Gasteiger partial charge in [0.15, 0.2) is 0 Å². The number of hydrogen-bond acceptors (Lipinski definition) is 3. The van der Waals surface area contributed by atoms with Crippen molar-refractivity contribution in [2.45, 2.75) is 59.7 Å². The molecule has 1 amide bonds. The lowest BCUT2D eigenvalue weighted by Crippen LogP contribution is -2.66. The molecule has 1 aromatic rings. The van der Waals surface area contributed by atoms with Crippen LogP contribution in [0.2, 0.25) is 0 Å². The molecule has 4 nitrogen and oxygen atoms in total. The minimum absolute atomic E-state index is 0.141. The number of anilines is 1. The van der Waals surface area contributed by atoms with Gasteiger partial charge in [-0.3, -0.25) is 4.79 Å². The monoisotopic (exact) mass is 727 g/mol. The molecule has 0 radical (unpaired) electrons. The zero-order chi connectivity index (χ0) is 37.3. The zero-order valence-electron chi connectivity index (χ0n) is 20.6. The summed E-state index contributed by atoms with van der Waals surface area (Å²) >= 11 is 0. The molecule has 0 saturated carbocycles. The van der Waals surface area contributed by atoms with Crippen LogP contribution in [0.1, 0.15) is 11.1 Å². The van der Waals surface area contributed by atoms with Crippen molar-refractivity contribution in [3.63, 3.8) is 0 Å². The van der Waals surface area contributed by atoms with Crippen LogP contribution in [0, 0.1) is 0 Å². The van der Waals surface area contributed by atoms with Crippen molar-refractivity contribution in [2.75, 3.05) is 5.32 Å². The van der Waals surface area contributed by atoms with Gasteiger partial charge in [0.05, 0.1) is 11.3 Å². The summed E-state index contributed by atoms with van der Waals surface area (Å²) in [5.41, 5.74) is -13.0. The molecule has 0 aliphatic carbocycles. The van der Waals surface area contributed by atoms with Gasteiger partial charge in [-0.15, -0.1) is 0 Å². The minimum atomic E-state index is -8.41. The Morgan fingerprint density at radius 3 is 1.17 bits per heavy atom. The normalized spacial score (nSPS) is 15.1. The molecule has 0 unspecified atom stereocenters. The summed E-state index contributed by atoms with van der Waals surface area (Å²) in [5.74, 6) is -67.2. The fraction of sp³-hybridized carbons (Fsp3) is 0.526. The van der Waals surface area contributed by atoms with Crippen LogP contribution in [-0.4, -0.2) is 71.0 Å². The molecule has 1 rings (SSSR count). The fourth-order valence-electron chi connectivity index (χ4n) is 3.13. The van der Waals surface area contributed by atoms with Crippen LogP contribution in [-0.2, 0) is 16.6 Å². The van der Waals surface area contributed by atoms with Gasteiger partial charge >= 0.3 is 66.9 Å². The third kappa shape index (κ3) is 5.69. The first-order valence-corrected chi connectivity index (χ1v) is 10.5. The van der Waals surface area contributed by atoms with Crippen LogP contribution < -0.4 is 10.8 Å². The second kappa shape index (κ2) is 11.2. The average molecular weight is 727 g/mol. The molecule has 0 aromatic heterocycles. The number of hydrogen-bond donors (Lipinski definition) is 3. The maximum Gasteiger partial charge on any atom is 0.489 e. The summed E-state index contributed by atoms with van der Waals surface area (Å²) in [6.07, 6.45) is -15.8. The Morgan fingerprint density at radius 1 is 0.565 bits per heavy atom. The van der Waals surface area contributed by atoms with Crippen molar-refractivity contribution >= 4 is 24.2 Å². The van der Waals surface area contributed by atoms with Gasteiger partial charge in [-0.2, -0.15) is 96.6 Å². The first-order valence-electron chi connectivity index (χ1n) is 10.5. The summed E-state index contributed by atoms with van der Waals surface area (Å²) in [5, 5.41) is 19.1. The smallest absolute Gasteiger partial charge is 0.423 e. The van der Waals surface area contributed by atoms with Crippen molar-refractivity contribution in [1.82, 2.24) is 0 Å². The van der Waals surface area contributed by atoms with Crippen molar-refractivity contribution in [1.29, 1.82) is 0 Å². The predicted molar refractivity (Wildman–Crippen MR) is 105 cm³/mol. The summed E-state index contributed by atoms with van der Waals surface area (Å²) in [4.78, 5) is 11.5. The number of carbonyl (C=O) groups excluding carboxylic acids is 1. The van der Waals surface area contributed by atoms with Crippen LogP contribution in [0.25, 0.3) is 0 Å². The fourth-order valence-corrected chi connectivity index (χ4v) is 3.13. The van der Waals surface area contributed by atoms with Gasteiger partial charge in [-0.25, -0.2) is 0 Å². The number of halogens is 22. The summed E-state index contributed by atoms with van der Waals surface area (Å²) < 4.78 is 299. The molecule has 0 aliphatic rings. The molecule has 27 heteroatoms. The van der Waals surface area contributed by atoms with Gasteiger partial charge in [-0.05, 0) is 23.7 Å². The molecule has 0 bridgehead atoms. The van der Waals surface area contributed by atoms with Crippen molar-refractivity contribution in [2.24, 2.45) is 0 Å². The molecule has 46 heavy (non-hydrogen) atoms. The highest BCUT2D eigenvalue weighted by molar-refractivity contribution is 6.59. The second-order valence-corrected chi connectivity index (χ2v) is 8.64. The number of carbonyl (C=O) groups is 1. The molecular formula is C19H8BF22NO3. The van der Waals surface area contributed by atoms with Gasteiger partial charge in [0.25, 0.3) is 0 Å². The first kappa shape index (κ1) is 40.9. The Labute approximate surface area is 237 Å². The van der Waals surface area contributed by atoms with E-state index in [1.165, 1.54) is 0 Å². The number of nitrogens with one attached hydrogen (secondary N) is 1. The van der Waals surface area contributed by atoms with E-state index < -0.39 is 107 Å². The van der Waals surface area contributed by atoms with Crippen LogP contribution in [0.4, 0.5) is 102 Å². The number of alkyl halides is 22. The number of benzene rings is 1. The maximum absolute atomic E-state index is 14.9. The quantitative estimate of drug-likeness (QED) is 0.137.